The summed E-state index contributed by atoms with van der Waals surface area (Å²) in [6.45, 7) is 1.31. The molecule has 0 radical (unpaired) electrons. The fraction of sp³-hybridized carbons (Fsp3) is 0.176. The number of halogens is 1. The lowest BCUT2D eigenvalue weighted by Crippen LogP contribution is -2.36. The van der Waals surface area contributed by atoms with E-state index in [-0.39, 0.29) is 18.4 Å². The third kappa shape index (κ3) is 4.72. The maximum atomic E-state index is 12.2. The molecular formula is C17H17ClN2O3. The summed E-state index contributed by atoms with van der Waals surface area (Å²) in [5, 5.41) is 3.25. The van der Waals surface area contributed by atoms with Crippen molar-refractivity contribution in [3.63, 3.8) is 0 Å². The van der Waals surface area contributed by atoms with Crippen LogP contribution in [0.25, 0.3) is 0 Å². The summed E-state index contributed by atoms with van der Waals surface area (Å²) in [7, 11) is 1.57. The fourth-order valence-electron chi connectivity index (χ4n) is 2.05. The molecule has 0 aliphatic heterocycles. The SMILES string of the molecule is COc1ccc(NC(=O)CN(C(C)=O)c2cccc(Cl)c2)cc1. The van der Waals surface area contributed by atoms with E-state index in [1.165, 1.54) is 11.8 Å². The number of anilines is 2. The van der Waals surface area contributed by atoms with Crippen molar-refractivity contribution in [1.29, 1.82) is 0 Å². The number of methoxy groups -OCH3 is 1. The van der Waals surface area contributed by atoms with E-state index in [1.54, 1.807) is 55.6 Å². The van der Waals surface area contributed by atoms with Gasteiger partial charge in [0.2, 0.25) is 11.8 Å². The Morgan fingerprint density at radius 2 is 1.87 bits per heavy atom. The second-order valence-corrected chi connectivity index (χ2v) is 5.30. The van der Waals surface area contributed by atoms with Gasteiger partial charge < -0.3 is 15.0 Å². The molecule has 0 fully saturated rings. The summed E-state index contributed by atoms with van der Waals surface area (Å²) in [6.07, 6.45) is 0. The molecule has 120 valence electrons. The van der Waals surface area contributed by atoms with Crippen LogP contribution in [0.15, 0.2) is 48.5 Å². The van der Waals surface area contributed by atoms with Gasteiger partial charge in [0.25, 0.3) is 0 Å². The summed E-state index contributed by atoms with van der Waals surface area (Å²) in [6, 6.07) is 13.8. The van der Waals surface area contributed by atoms with Crippen LogP contribution in [0, 0.1) is 0 Å². The molecule has 0 aliphatic rings. The molecule has 23 heavy (non-hydrogen) atoms. The number of rotatable bonds is 5. The largest absolute Gasteiger partial charge is 0.497 e. The van der Waals surface area contributed by atoms with Crippen molar-refractivity contribution in [3.05, 3.63) is 53.6 Å². The second-order valence-electron chi connectivity index (χ2n) is 4.86. The van der Waals surface area contributed by atoms with Gasteiger partial charge in [0, 0.05) is 23.3 Å². The Balaban J connectivity index is 2.07. The number of hydrogen-bond acceptors (Lipinski definition) is 3. The number of amides is 2. The normalized spacial score (nSPS) is 10.0. The van der Waals surface area contributed by atoms with E-state index in [4.69, 9.17) is 16.3 Å². The molecule has 0 saturated carbocycles. The van der Waals surface area contributed by atoms with Crippen LogP contribution in [0.2, 0.25) is 5.02 Å². The quantitative estimate of drug-likeness (QED) is 0.913. The smallest absolute Gasteiger partial charge is 0.244 e. The van der Waals surface area contributed by atoms with E-state index < -0.39 is 0 Å². The van der Waals surface area contributed by atoms with Gasteiger partial charge >= 0.3 is 0 Å². The molecule has 0 bridgehead atoms. The van der Waals surface area contributed by atoms with Gasteiger partial charge in [0.1, 0.15) is 12.3 Å². The van der Waals surface area contributed by atoms with Crippen LogP contribution in [0.1, 0.15) is 6.92 Å². The van der Waals surface area contributed by atoms with Gasteiger partial charge in [-0.1, -0.05) is 17.7 Å². The summed E-state index contributed by atoms with van der Waals surface area (Å²) >= 11 is 5.94. The van der Waals surface area contributed by atoms with Crippen molar-refractivity contribution in [2.45, 2.75) is 6.92 Å². The molecule has 0 spiro atoms. The van der Waals surface area contributed by atoms with Crippen LogP contribution < -0.4 is 15.0 Å². The number of carbonyl (C=O) groups excluding carboxylic acids is 2. The highest BCUT2D eigenvalue weighted by atomic mass is 35.5. The molecule has 2 aromatic rings. The second kappa shape index (κ2) is 7.65. The molecule has 0 aromatic heterocycles. The first-order chi connectivity index (χ1) is 11.0. The molecule has 1 N–H and O–H groups in total. The van der Waals surface area contributed by atoms with E-state index in [9.17, 15) is 9.59 Å². The molecule has 0 heterocycles. The fourth-order valence-corrected chi connectivity index (χ4v) is 2.23. The molecule has 0 aliphatic carbocycles. The van der Waals surface area contributed by atoms with Gasteiger partial charge in [-0.2, -0.15) is 0 Å². The summed E-state index contributed by atoms with van der Waals surface area (Å²) < 4.78 is 5.06. The monoisotopic (exact) mass is 332 g/mol. The lowest BCUT2D eigenvalue weighted by molar-refractivity contribution is -0.120. The van der Waals surface area contributed by atoms with Gasteiger partial charge in [-0.25, -0.2) is 0 Å². The zero-order valence-corrected chi connectivity index (χ0v) is 13.6. The Hall–Kier alpha value is -2.53. The van der Waals surface area contributed by atoms with Crippen LogP contribution in [0.4, 0.5) is 11.4 Å². The van der Waals surface area contributed by atoms with Crippen molar-refractivity contribution < 1.29 is 14.3 Å². The van der Waals surface area contributed by atoms with Gasteiger partial charge in [0.05, 0.1) is 7.11 Å². The van der Waals surface area contributed by atoms with E-state index in [1.807, 2.05) is 0 Å². The van der Waals surface area contributed by atoms with E-state index in [2.05, 4.69) is 5.32 Å². The molecular weight excluding hydrogens is 316 g/mol. The zero-order chi connectivity index (χ0) is 16.8. The van der Waals surface area contributed by atoms with Crippen molar-refractivity contribution in [2.75, 3.05) is 23.9 Å². The maximum Gasteiger partial charge on any atom is 0.244 e. The van der Waals surface area contributed by atoms with Crippen LogP contribution in [-0.4, -0.2) is 25.5 Å². The lowest BCUT2D eigenvalue weighted by Gasteiger charge is -2.21. The third-order valence-electron chi connectivity index (χ3n) is 3.18. The molecule has 5 nitrogen and oxygen atoms in total. The molecule has 0 unspecified atom stereocenters. The number of nitrogens with zero attached hydrogens (tertiary/aromatic N) is 1. The van der Waals surface area contributed by atoms with E-state index in [0.29, 0.717) is 22.1 Å². The van der Waals surface area contributed by atoms with E-state index >= 15 is 0 Å². The standard InChI is InChI=1S/C17H17ClN2O3/c1-12(21)20(15-5-3-4-13(18)10-15)11-17(22)19-14-6-8-16(23-2)9-7-14/h3-10H,11H2,1-2H3,(H,19,22). The number of hydrogen-bond donors (Lipinski definition) is 1. The molecule has 0 saturated heterocycles. The molecule has 0 atom stereocenters. The van der Waals surface area contributed by atoms with Crippen LogP contribution in [-0.2, 0) is 9.59 Å². The highest BCUT2D eigenvalue weighted by Gasteiger charge is 2.16. The van der Waals surface area contributed by atoms with Gasteiger partial charge in [-0.05, 0) is 42.5 Å². The van der Waals surface area contributed by atoms with Crippen molar-refractivity contribution in [2.24, 2.45) is 0 Å². The summed E-state index contributed by atoms with van der Waals surface area (Å²) in [5.74, 6) is 0.162. The van der Waals surface area contributed by atoms with Crippen LogP contribution in [0.5, 0.6) is 5.75 Å². The average Bonchev–Trinajstić information content (AvgIpc) is 2.53. The Labute approximate surface area is 139 Å². The lowest BCUT2D eigenvalue weighted by atomic mass is 10.2. The Kier molecular flexibility index (Phi) is 5.60. The Morgan fingerprint density at radius 3 is 2.43 bits per heavy atom. The minimum Gasteiger partial charge on any atom is -0.497 e. The number of nitrogens with one attached hydrogen (secondary N) is 1. The first-order valence-electron chi connectivity index (χ1n) is 6.97. The minimum absolute atomic E-state index is 0.0955. The zero-order valence-electron chi connectivity index (χ0n) is 12.9. The van der Waals surface area contributed by atoms with E-state index in [0.717, 1.165) is 0 Å². The van der Waals surface area contributed by atoms with Gasteiger partial charge in [-0.15, -0.1) is 0 Å². The van der Waals surface area contributed by atoms with Crippen molar-refractivity contribution >= 4 is 34.8 Å². The molecule has 2 rings (SSSR count). The van der Waals surface area contributed by atoms with Gasteiger partial charge in [-0.3, -0.25) is 9.59 Å². The number of ether oxygens (including phenoxy) is 1. The minimum atomic E-state index is -0.301. The average molecular weight is 333 g/mol. The summed E-state index contributed by atoms with van der Waals surface area (Å²) in [4.78, 5) is 25.4. The highest BCUT2D eigenvalue weighted by Crippen LogP contribution is 2.20. The number of benzene rings is 2. The molecule has 2 amide bonds. The third-order valence-corrected chi connectivity index (χ3v) is 3.41. The maximum absolute atomic E-state index is 12.2. The van der Waals surface area contributed by atoms with Crippen molar-refractivity contribution in [3.8, 4) is 5.75 Å². The van der Waals surface area contributed by atoms with Crippen molar-refractivity contribution in [1.82, 2.24) is 0 Å². The first kappa shape index (κ1) is 16.8. The molecule has 2 aromatic carbocycles. The van der Waals surface area contributed by atoms with Gasteiger partial charge in [0.15, 0.2) is 0 Å². The topological polar surface area (TPSA) is 58.6 Å². The Bertz CT molecular complexity index is 701. The molecule has 6 heteroatoms. The Morgan fingerprint density at radius 1 is 1.17 bits per heavy atom. The summed E-state index contributed by atoms with van der Waals surface area (Å²) in [5.41, 5.74) is 1.21. The van der Waals surface area contributed by atoms with Crippen LogP contribution >= 0.6 is 11.6 Å². The predicted octanol–water partition coefficient (Wildman–Crippen LogP) is 3.34. The van der Waals surface area contributed by atoms with Crippen LogP contribution in [0.3, 0.4) is 0 Å². The predicted molar refractivity (Wildman–Crippen MR) is 91.1 cm³/mol. The first-order valence-corrected chi connectivity index (χ1v) is 7.35. The highest BCUT2D eigenvalue weighted by molar-refractivity contribution is 6.31. The number of carbonyl (C=O) groups is 2.